The Balaban J connectivity index is 2.78. The maximum atomic E-state index is 11.6. The Labute approximate surface area is 108 Å². The van der Waals surface area contributed by atoms with E-state index in [1.54, 1.807) is 12.1 Å². The molecule has 0 heterocycles. The predicted octanol–water partition coefficient (Wildman–Crippen LogP) is 2.29. The van der Waals surface area contributed by atoms with Gasteiger partial charge in [-0.3, -0.25) is 0 Å². The van der Waals surface area contributed by atoms with Crippen LogP contribution in [0.5, 0.6) is 5.75 Å². The number of aliphatic hydroxyl groups is 1. The van der Waals surface area contributed by atoms with Gasteiger partial charge in [-0.2, -0.15) is 0 Å². The first kappa shape index (κ1) is 14.5. The van der Waals surface area contributed by atoms with Gasteiger partial charge >= 0.3 is 5.97 Å². The van der Waals surface area contributed by atoms with Gasteiger partial charge in [0.25, 0.3) is 0 Å². The number of aliphatic hydroxyl groups excluding tert-OH is 1. The van der Waals surface area contributed by atoms with Crippen LogP contribution in [0.4, 0.5) is 0 Å². The summed E-state index contributed by atoms with van der Waals surface area (Å²) in [6.45, 7) is 1.94. The molecule has 1 atom stereocenters. The van der Waals surface area contributed by atoms with E-state index in [0.29, 0.717) is 17.7 Å². The van der Waals surface area contributed by atoms with Crippen LogP contribution in [0.2, 0.25) is 0 Å². The molecular formula is C14H20O4. The van der Waals surface area contributed by atoms with Crippen molar-refractivity contribution in [2.24, 2.45) is 0 Å². The number of benzene rings is 1. The highest BCUT2D eigenvalue weighted by atomic mass is 16.6. The molecule has 0 aliphatic heterocycles. The second kappa shape index (κ2) is 7.71. The molecule has 0 aliphatic carbocycles. The van der Waals surface area contributed by atoms with Crippen molar-refractivity contribution < 1.29 is 19.4 Å². The first-order valence-electron chi connectivity index (χ1n) is 6.16. The van der Waals surface area contributed by atoms with E-state index in [2.05, 4.69) is 6.92 Å². The number of methoxy groups -OCH3 is 1. The van der Waals surface area contributed by atoms with Crippen molar-refractivity contribution >= 4 is 5.97 Å². The maximum absolute atomic E-state index is 11.6. The average molecular weight is 252 g/mol. The molecule has 0 saturated carbocycles. The highest BCUT2D eigenvalue weighted by Crippen LogP contribution is 2.21. The fourth-order valence-electron chi connectivity index (χ4n) is 1.65. The molecule has 0 saturated heterocycles. The van der Waals surface area contributed by atoms with Crippen LogP contribution in [0.25, 0.3) is 0 Å². The minimum atomic E-state index is -0.609. The van der Waals surface area contributed by atoms with Crippen LogP contribution in [-0.4, -0.2) is 24.3 Å². The number of unbranched alkanes of at least 4 members (excludes halogenated alkanes) is 1. The zero-order valence-electron chi connectivity index (χ0n) is 10.9. The number of carbonyl (C=O) groups is 1. The number of hydrogen-bond acceptors (Lipinski definition) is 4. The maximum Gasteiger partial charge on any atom is 0.347 e. The number of carbonyl (C=O) groups excluding carboxylic acids is 1. The van der Waals surface area contributed by atoms with Gasteiger partial charge in [-0.15, -0.1) is 0 Å². The zero-order chi connectivity index (χ0) is 13.4. The lowest BCUT2D eigenvalue weighted by Crippen LogP contribution is -2.28. The summed E-state index contributed by atoms with van der Waals surface area (Å²) in [7, 11) is 1.35. The van der Waals surface area contributed by atoms with Gasteiger partial charge in [-0.25, -0.2) is 4.79 Å². The van der Waals surface area contributed by atoms with Crippen molar-refractivity contribution in [3.8, 4) is 5.75 Å². The third-order valence-corrected chi connectivity index (χ3v) is 2.70. The molecule has 0 radical (unpaired) electrons. The van der Waals surface area contributed by atoms with Crippen LogP contribution >= 0.6 is 0 Å². The van der Waals surface area contributed by atoms with E-state index in [1.807, 2.05) is 12.1 Å². The monoisotopic (exact) mass is 252 g/mol. The van der Waals surface area contributed by atoms with E-state index in [0.717, 1.165) is 12.8 Å². The molecule has 1 rings (SSSR count). The standard InChI is InChI=1S/C14H20O4/c1-3-4-8-13(14(16)17-2)18-12-9-6-5-7-11(12)10-15/h5-7,9,13,15H,3-4,8,10H2,1-2H3. The fourth-order valence-corrected chi connectivity index (χ4v) is 1.65. The molecule has 0 fully saturated rings. The lowest BCUT2D eigenvalue weighted by Gasteiger charge is -2.18. The third kappa shape index (κ3) is 4.04. The van der Waals surface area contributed by atoms with E-state index in [9.17, 15) is 9.90 Å². The molecule has 1 unspecified atom stereocenters. The molecular weight excluding hydrogens is 232 g/mol. The summed E-state index contributed by atoms with van der Waals surface area (Å²) in [5.41, 5.74) is 0.669. The summed E-state index contributed by atoms with van der Waals surface area (Å²) in [5.74, 6) is 0.155. The van der Waals surface area contributed by atoms with Crippen molar-refractivity contribution in [1.82, 2.24) is 0 Å². The molecule has 0 aromatic heterocycles. The van der Waals surface area contributed by atoms with Crippen molar-refractivity contribution in [2.45, 2.75) is 38.9 Å². The number of ether oxygens (including phenoxy) is 2. The first-order chi connectivity index (χ1) is 8.72. The highest BCUT2D eigenvalue weighted by molar-refractivity contribution is 5.75. The number of rotatable bonds is 7. The number of para-hydroxylation sites is 1. The smallest absolute Gasteiger partial charge is 0.347 e. The van der Waals surface area contributed by atoms with E-state index in [1.165, 1.54) is 7.11 Å². The van der Waals surface area contributed by atoms with Gasteiger partial charge < -0.3 is 14.6 Å². The molecule has 4 nitrogen and oxygen atoms in total. The van der Waals surface area contributed by atoms with Gasteiger partial charge in [0.2, 0.25) is 0 Å². The topological polar surface area (TPSA) is 55.8 Å². The van der Waals surface area contributed by atoms with Gasteiger partial charge in [-0.05, 0) is 18.9 Å². The molecule has 1 aromatic rings. The van der Waals surface area contributed by atoms with Gasteiger partial charge in [0.1, 0.15) is 5.75 Å². The van der Waals surface area contributed by atoms with Crippen LogP contribution in [0.15, 0.2) is 24.3 Å². The van der Waals surface area contributed by atoms with Crippen LogP contribution < -0.4 is 4.74 Å². The zero-order valence-corrected chi connectivity index (χ0v) is 10.9. The normalized spacial score (nSPS) is 11.9. The van der Waals surface area contributed by atoms with Crippen LogP contribution in [0.1, 0.15) is 31.7 Å². The minimum absolute atomic E-state index is 0.113. The molecule has 0 aliphatic rings. The van der Waals surface area contributed by atoms with Crippen LogP contribution in [0.3, 0.4) is 0 Å². The van der Waals surface area contributed by atoms with Crippen LogP contribution in [0, 0.1) is 0 Å². The summed E-state index contributed by atoms with van der Waals surface area (Å²) in [4.78, 5) is 11.6. The van der Waals surface area contributed by atoms with Crippen molar-refractivity contribution in [3.05, 3.63) is 29.8 Å². The van der Waals surface area contributed by atoms with E-state index in [4.69, 9.17) is 9.47 Å². The van der Waals surface area contributed by atoms with Crippen molar-refractivity contribution in [2.75, 3.05) is 7.11 Å². The summed E-state index contributed by atoms with van der Waals surface area (Å²) in [6, 6.07) is 7.14. The van der Waals surface area contributed by atoms with Crippen LogP contribution in [-0.2, 0) is 16.1 Å². The Morgan fingerprint density at radius 1 is 1.39 bits per heavy atom. The Morgan fingerprint density at radius 3 is 2.72 bits per heavy atom. The molecule has 100 valence electrons. The fraction of sp³-hybridized carbons (Fsp3) is 0.500. The molecule has 1 N–H and O–H groups in total. The Kier molecular flexibility index (Phi) is 6.22. The van der Waals surface area contributed by atoms with E-state index >= 15 is 0 Å². The molecule has 0 bridgehead atoms. The van der Waals surface area contributed by atoms with E-state index < -0.39 is 6.10 Å². The molecule has 0 spiro atoms. The van der Waals surface area contributed by atoms with Gasteiger partial charge in [0, 0.05) is 5.56 Å². The minimum Gasteiger partial charge on any atom is -0.478 e. The molecule has 4 heteroatoms. The lowest BCUT2D eigenvalue weighted by molar-refractivity contribution is -0.149. The van der Waals surface area contributed by atoms with Crippen molar-refractivity contribution in [1.29, 1.82) is 0 Å². The highest BCUT2D eigenvalue weighted by Gasteiger charge is 2.21. The third-order valence-electron chi connectivity index (χ3n) is 2.70. The first-order valence-corrected chi connectivity index (χ1v) is 6.16. The van der Waals surface area contributed by atoms with Crippen molar-refractivity contribution in [3.63, 3.8) is 0 Å². The number of esters is 1. The van der Waals surface area contributed by atoms with Gasteiger partial charge in [-0.1, -0.05) is 31.5 Å². The lowest BCUT2D eigenvalue weighted by atomic mass is 10.1. The summed E-state index contributed by atoms with van der Waals surface area (Å²) >= 11 is 0. The molecule has 1 aromatic carbocycles. The largest absolute Gasteiger partial charge is 0.478 e. The molecule has 18 heavy (non-hydrogen) atoms. The SMILES string of the molecule is CCCCC(Oc1ccccc1CO)C(=O)OC. The second-order valence-electron chi connectivity index (χ2n) is 4.04. The summed E-state index contributed by atoms with van der Waals surface area (Å²) in [5, 5.41) is 9.21. The Bertz CT molecular complexity index is 376. The molecule has 0 amide bonds. The second-order valence-corrected chi connectivity index (χ2v) is 4.04. The Morgan fingerprint density at radius 2 is 2.11 bits per heavy atom. The average Bonchev–Trinajstić information content (AvgIpc) is 2.42. The van der Waals surface area contributed by atoms with Gasteiger partial charge in [0.05, 0.1) is 13.7 Å². The summed E-state index contributed by atoms with van der Waals surface area (Å²) in [6.07, 6.45) is 1.88. The van der Waals surface area contributed by atoms with Gasteiger partial charge in [0.15, 0.2) is 6.10 Å². The van der Waals surface area contributed by atoms with E-state index in [-0.39, 0.29) is 12.6 Å². The quantitative estimate of drug-likeness (QED) is 0.756. The summed E-state index contributed by atoms with van der Waals surface area (Å²) < 4.78 is 10.4. The predicted molar refractivity (Wildman–Crippen MR) is 68.3 cm³/mol. The number of hydrogen-bond donors (Lipinski definition) is 1. The Hall–Kier alpha value is -1.55.